The Labute approximate surface area is 61.3 Å². The summed E-state index contributed by atoms with van der Waals surface area (Å²) in [6.07, 6.45) is 1.70. The van der Waals surface area contributed by atoms with E-state index in [0.29, 0.717) is 12.5 Å². The minimum Gasteiger partial charge on any atom is -0.480 e. The number of aliphatic imine (C=N–C) groups is 1. The van der Waals surface area contributed by atoms with Gasteiger partial charge in [0.05, 0.1) is 6.61 Å². The molecule has 0 aromatic carbocycles. The standard InChI is InChI=1S/C7H12N2O/c1-4-10-7(6(2)3)9-5-8/h6H,4H2,1-3H3/b9-7-. The molecule has 0 aliphatic rings. The quantitative estimate of drug-likeness (QED) is 0.332. The fourth-order valence-electron chi connectivity index (χ4n) is 0.525. The van der Waals surface area contributed by atoms with Crippen molar-refractivity contribution in [2.75, 3.05) is 6.61 Å². The third-order valence-corrected chi connectivity index (χ3v) is 0.946. The molecule has 0 bridgehead atoms. The first-order valence-corrected chi connectivity index (χ1v) is 3.31. The van der Waals surface area contributed by atoms with Gasteiger partial charge < -0.3 is 4.74 Å². The Bertz CT molecular complexity index is 155. The van der Waals surface area contributed by atoms with E-state index in [1.54, 1.807) is 6.19 Å². The Balaban J connectivity index is 4.01. The van der Waals surface area contributed by atoms with E-state index in [2.05, 4.69) is 4.99 Å². The third-order valence-electron chi connectivity index (χ3n) is 0.946. The van der Waals surface area contributed by atoms with Crippen LogP contribution in [0, 0.1) is 17.4 Å². The van der Waals surface area contributed by atoms with Gasteiger partial charge in [0.1, 0.15) is 0 Å². The normalized spacial score (nSPS) is 11.3. The Hall–Kier alpha value is -1.04. The molecule has 0 spiro atoms. The highest BCUT2D eigenvalue weighted by Gasteiger charge is 2.03. The molecule has 0 aliphatic carbocycles. The van der Waals surface area contributed by atoms with Crippen LogP contribution in [0.4, 0.5) is 0 Å². The van der Waals surface area contributed by atoms with Gasteiger partial charge in [-0.05, 0) is 6.92 Å². The lowest BCUT2D eigenvalue weighted by Gasteiger charge is -2.07. The maximum absolute atomic E-state index is 8.19. The van der Waals surface area contributed by atoms with Crippen LogP contribution in [-0.4, -0.2) is 12.5 Å². The van der Waals surface area contributed by atoms with Crippen molar-refractivity contribution in [2.24, 2.45) is 10.9 Å². The van der Waals surface area contributed by atoms with Gasteiger partial charge in [0.25, 0.3) is 0 Å². The van der Waals surface area contributed by atoms with Crippen molar-refractivity contribution in [2.45, 2.75) is 20.8 Å². The molecule has 0 aromatic heterocycles. The molecule has 0 fully saturated rings. The Morgan fingerprint density at radius 2 is 2.30 bits per heavy atom. The van der Waals surface area contributed by atoms with Gasteiger partial charge in [-0.2, -0.15) is 5.26 Å². The van der Waals surface area contributed by atoms with Gasteiger partial charge in [-0.15, -0.1) is 4.99 Å². The predicted molar refractivity (Wildman–Crippen MR) is 39.5 cm³/mol. The molecule has 56 valence electrons. The zero-order valence-corrected chi connectivity index (χ0v) is 6.59. The summed E-state index contributed by atoms with van der Waals surface area (Å²) in [6.45, 7) is 6.31. The number of nitrogens with zero attached hydrogens (tertiary/aromatic N) is 2. The molecule has 0 rings (SSSR count). The topological polar surface area (TPSA) is 45.4 Å². The Kier molecular flexibility index (Phi) is 4.30. The summed E-state index contributed by atoms with van der Waals surface area (Å²) in [7, 11) is 0. The second-order valence-electron chi connectivity index (χ2n) is 2.14. The number of hydrogen-bond donors (Lipinski definition) is 0. The van der Waals surface area contributed by atoms with E-state index in [0.717, 1.165) is 0 Å². The Morgan fingerprint density at radius 3 is 2.60 bits per heavy atom. The van der Waals surface area contributed by atoms with E-state index < -0.39 is 0 Å². The van der Waals surface area contributed by atoms with E-state index >= 15 is 0 Å². The summed E-state index contributed by atoms with van der Waals surface area (Å²) in [5.74, 6) is 0.713. The van der Waals surface area contributed by atoms with Crippen LogP contribution in [0.15, 0.2) is 4.99 Å². The highest BCUT2D eigenvalue weighted by atomic mass is 16.5. The lowest BCUT2D eigenvalue weighted by molar-refractivity contribution is 0.306. The van der Waals surface area contributed by atoms with Crippen LogP contribution >= 0.6 is 0 Å². The first-order valence-electron chi connectivity index (χ1n) is 3.31. The van der Waals surface area contributed by atoms with E-state index in [9.17, 15) is 0 Å². The van der Waals surface area contributed by atoms with E-state index in [-0.39, 0.29) is 5.92 Å². The largest absolute Gasteiger partial charge is 0.480 e. The van der Waals surface area contributed by atoms with E-state index in [4.69, 9.17) is 10.00 Å². The molecule has 10 heavy (non-hydrogen) atoms. The molecule has 3 nitrogen and oxygen atoms in total. The molecule has 0 heterocycles. The lowest BCUT2D eigenvalue weighted by Crippen LogP contribution is -2.11. The van der Waals surface area contributed by atoms with Gasteiger partial charge in [0.2, 0.25) is 12.1 Å². The smallest absolute Gasteiger partial charge is 0.208 e. The molecular weight excluding hydrogens is 128 g/mol. The van der Waals surface area contributed by atoms with Crippen LogP contribution in [-0.2, 0) is 4.74 Å². The Morgan fingerprint density at radius 1 is 1.70 bits per heavy atom. The summed E-state index contributed by atoms with van der Waals surface area (Å²) >= 11 is 0. The summed E-state index contributed by atoms with van der Waals surface area (Å²) in [5.41, 5.74) is 0. The SMILES string of the molecule is CCO/C(=N\C#N)C(C)C. The average Bonchev–Trinajstić information content (AvgIpc) is 1.87. The summed E-state index contributed by atoms with van der Waals surface area (Å²) in [5, 5.41) is 8.19. The molecule has 0 radical (unpaired) electrons. The molecule has 0 saturated heterocycles. The molecule has 0 N–H and O–H groups in total. The average molecular weight is 140 g/mol. The van der Waals surface area contributed by atoms with Gasteiger partial charge in [-0.25, -0.2) is 0 Å². The zero-order valence-electron chi connectivity index (χ0n) is 6.59. The fraction of sp³-hybridized carbons (Fsp3) is 0.714. The van der Waals surface area contributed by atoms with Crippen LogP contribution in [0.2, 0.25) is 0 Å². The number of ether oxygens (including phenoxy) is 1. The second-order valence-corrected chi connectivity index (χ2v) is 2.14. The van der Waals surface area contributed by atoms with Gasteiger partial charge in [-0.3, -0.25) is 0 Å². The molecule has 0 atom stereocenters. The van der Waals surface area contributed by atoms with Crippen LogP contribution in [0.3, 0.4) is 0 Å². The number of rotatable bonds is 2. The molecule has 0 aliphatic heterocycles. The van der Waals surface area contributed by atoms with E-state index in [1.807, 2.05) is 20.8 Å². The van der Waals surface area contributed by atoms with Gasteiger partial charge in [-0.1, -0.05) is 13.8 Å². The number of nitriles is 1. The predicted octanol–water partition coefficient (Wildman–Crippen LogP) is 1.56. The maximum Gasteiger partial charge on any atom is 0.208 e. The number of hydrogen-bond acceptors (Lipinski definition) is 3. The second kappa shape index (κ2) is 4.80. The van der Waals surface area contributed by atoms with Gasteiger partial charge >= 0.3 is 0 Å². The van der Waals surface area contributed by atoms with Crippen LogP contribution in [0.25, 0.3) is 0 Å². The van der Waals surface area contributed by atoms with Crippen LogP contribution in [0.1, 0.15) is 20.8 Å². The van der Waals surface area contributed by atoms with Crippen LogP contribution < -0.4 is 0 Å². The van der Waals surface area contributed by atoms with E-state index in [1.165, 1.54) is 0 Å². The fourth-order valence-corrected chi connectivity index (χ4v) is 0.525. The van der Waals surface area contributed by atoms with Crippen LogP contribution in [0.5, 0.6) is 0 Å². The third kappa shape index (κ3) is 3.08. The zero-order chi connectivity index (χ0) is 7.98. The summed E-state index contributed by atoms with van der Waals surface area (Å²) in [4.78, 5) is 3.51. The van der Waals surface area contributed by atoms with Crippen molar-refractivity contribution >= 4 is 5.90 Å². The highest BCUT2D eigenvalue weighted by Crippen LogP contribution is 1.98. The van der Waals surface area contributed by atoms with Crippen molar-refractivity contribution < 1.29 is 4.74 Å². The van der Waals surface area contributed by atoms with Gasteiger partial charge in [0, 0.05) is 5.92 Å². The molecule has 0 aromatic rings. The van der Waals surface area contributed by atoms with Crippen molar-refractivity contribution in [3.8, 4) is 6.19 Å². The molecule has 3 heteroatoms. The molecule has 0 saturated carbocycles. The minimum atomic E-state index is 0.194. The molecular formula is C7H12N2O. The monoisotopic (exact) mass is 140 g/mol. The summed E-state index contributed by atoms with van der Waals surface area (Å²) in [6, 6.07) is 0. The minimum absolute atomic E-state index is 0.194. The lowest BCUT2D eigenvalue weighted by atomic mass is 10.2. The van der Waals surface area contributed by atoms with Crippen molar-refractivity contribution in [1.29, 1.82) is 5.26 Å². The van der Waals surface area contributed by atoms with Crippen molar-refractivity contribution in [3.05, 3.63) is 0 Å². The highest BCUT2D eigenvalue weighted by molar-refractivity contribution is 5.78. The van der Waals surface area contributed by atoms with Crippen molar-refractivity contribution in [1.82, 2.24) is 0 Å². The van der Waals surface area contributed by atoms with Gasteiger partial charge in [0.15, 0.2) is 0 Å². The van der Waals surface area contributed by atoms with Crippen molar-refractivity contribution in [3.63, 3.8) is 0 Å². The first kappa shape index (κ1) is 8.96. The first-order chi connectivity index (χ1) is 4.72. The summed E-state index contributed by atoms with van der Waals surface area (Å²) < 4.78 is 5.07. The molecule has 0 unspecified atom stereocenters. The maximum atomic E-state index is 8.19. The molecule has 0 amide bonds.